The summed E-state index contributed by atoms with van der Waals surface area (Å²) < 4.78 is 39.9. The predicted octanol–water partition coefficient (Wildman–Crippen LogP) is 3.40. The van der Waals surface area contributed by atoms with Crippen molar-refractivity contribution in [3.63, 3.8) is 0 Å². The molecule has 0 aliphatic carbocycles. The SMILES string of the molecule is CCC1(OC)CC(=O)OCc2c1cc1n(c2=O)Cc2cc3cc(F)c(F)cc3nc2-1. The van der Waals surface area contributed by atoms with Gasteiger partial charge in [0.2, 0.25) is 0 Å². The summed E-state index contributed by atoms with van der Waals surface area (Å²) >= 11 is 0. The topological polar surface area (TPSA) is 70.4 Å². The number of pyridine rings is 2. The van der Waals surface area contributed by atoms with E-state index in [2.05, 4.69) is 4.98 Å². The number of nitrogens with zero attached hydrogens (tertiary/aromatic N) is 2. The minimum Gasteiger partial charge on any atom is -0.460 e. The van der Waals surface area contributed by atoms with Crippen LogP contribution in [0.4, 0.5) is 8.78 Å². The fraction of sp³-hybridized carbons (Fsp3) is 0.318. The van der Waals surface area contributed by atoms with Gasteiger partial charge < -0.3 is 14.0 Å². The zero-order chi connectivity index (χ0) is 21.2. The quantitative estimate of drug-likeness (QED) is 0.472. The van der Waals surface area contributed by atoms with Crippen LogP contribution in [-0.2, 0) is 33.0 Å². The molecule has 2 aliphatic heterocycles. The molecule has 1 atom stereocenters. The Morgan fingerprint density at radius 1 is 1.20 bits per heavy atom. The van der Waals surface area contributed by atoms with E-state index < -0.39 is 23.2 Å². The predicted molar refractivity (Wildman–Crippen MR) is 104 cm³/mol. The first-order valence-electron chi connectivity index (χ1n) is 9.64. The lowest BCUT2D eigenvalue weighted by atomic mass is 9.85. The number of hydrogen-bond acceptors (Lipinski definition) is 5. The highest BCUT2D eigenvalue weighted by Gasteiger charge is 2.41. The molecule has 1 unspecified atom stereocenters. The highest BCUT2D eigenvalue weighted by Crippen LogP contribution is 2.40. The number of esters is 1. The maximum atomic E-state index is 13.7. The lowest BCUT2D eigenvalue weighted by Gasteiger charge is -2.30. The first kappa shape index (κ1) is 18.9. The van der Waals surface area contributed by atoms with Crippen molar-refractivity contribution >= 4 is 16.9 Å². The van der Waals surface area contributed by atoms with Crippen molar-refractivity contribution in [3.8, 4) is 11.4 Å². The third kappa shape index (κ3) is 2.53. The van der Waals surface area contributed by atoms with Crippen LogP contribution in [0, 0.1) is 11.6 Å². The second-order valence-corrected chi connectivity index (χ2v) is 7.66. The molecular formula is C22H18F2N2O4. The van der Waals surface area contributed by atoms with Crippen LogP contribution in [0.2, 0.25) is 0 Å². The van der Waals surface area contributed by atoms with Gasteiger partial charge >= 0.3 is 5.97 Å². The number of fused-ring (bicyclic) bond motifs is 5. The number of hydrogen-bond donors (Lipinski definition) is 0. The van der Waals surface area contributed by atoms with Crippen LogP contribution in [0.5, 0.6) is 0 Å². The molecule has 154 valence electrons. The second-order valence-electron chi connectivity index (χ2n) is 7.66. The minimum absolute atomic E-state index is 0.00160. The smallest absolute Gasteiger partial charge is 0.309 e. The van der Waals surface area contributed by atoms with E-state index in [1.165, 1.54) is 7.11 Å². The molecule has 0 amide bonds. The van der Waals surface area contributed by atoms with Gasteiger partial charge in [-0.3, -0.25) is 9.59 Å². The number of halogens is 2. The summed E-state index contributed by atoms with van der Waals surface area (Å²) in [5, 5.41) is 0.462. The molecule has 0 saturated carbocycles. The molecule has 2 aromatic heterocycles. The molecule has 8 heteroatoms. The van der Waals surface area contributed by atoms with E-state index in [1.54, 1.807) is 10.6 Å². The summed E-state index contributed by atoms with van der Waals surface area (Å²) in [5.74, 6) is -2.35. The largest absolute Gasteiger partial charge is 0.460 e. The Balaban J connectivity index is 1.78. The van der Waals surface area contributed by atoms with Crippen LogP contribution in [0.3, 0.4) is 0 Å². The van der Waals surface area contributed by atoms with E-state index in [1.807, 2.05) is 13.0 Å². The zero-order valence-electron chi connectivity index (χ0n) is 16.4. The monoisotopic (exact) mass is 412 g/mol. The number of cyclic esters (lactones) is 1. The van der Waals surface area contributed by atoms with Crippen molar-refractivity contribution in [2.24, 2.45) is 0 Å². The molecule has 1 aromatic carbocycles. The average Bonchev–Trinajstić information content (AvgIpc) is 3.00. The van der Waals surface area contributed by atoms with Crippen LogP contribution in [0.1, 0.15) is 36.5 Å². The summed E-state index contributed by atoms with van der Waals surface area (Å²) in [6, 6.07) is 5.69. The lowest BCUT2D eigenvalue weighted by molar-refractivity contribution is -0.151. The Morgan fingerprint density at radius 3 is 2.70 bits per heavy atom. The Bertz CT molecular complexity index is 1290. The third-order valence-corrected chi connectivity index (χ3v) is 6.17. The van der Waals surface area contributed by atoms with E-state index in [0.717, 1.165) is 17.7 Å². The number of benzene rings is 1. The summed E-state index contributed by atoms with van der Waals surface area (Å²) in [6.45, 7) is 2.01. The maximum absolute atomic E-state index is 13.7. The van der Waals surface area contributed by atoms with Gasteiger partial charge in [0.1, 0.15) is 12.2 Å². The standard InChI is InChI=1S/C22H18F2N2O4/c1-3-22(29-2)8-19(27)30-10-13-14(22)6-18-20-12(9-26(18)21(13)28)4-11-5-15(23)16(24)7-17(11)25-20/h4-7H,3,8-10H2,1-2H3. The van der Waals surface area contributed by atoms with Gasteiger partial charge in [0, 0.05) is 24.1 Å². The van der Waals surface area contributed by atoms with Gasteiger partial charge in [-0.25, -0.2) is 13.8 Å². The van der Waals surface area contributed by atoms with Gasteiger partial charge in [0.25, 0.3) is 5.56 Å². The fourth-order valence-corrected chi connectivity index (χ4v) is 4.49. The highest BCUT2D eigenvalue weighted by molar-refractivity contribution is 5.84. The van der Waals surface area contributed by atoms with E-state index in [0.29, 0.717) is 39.8 Å². The highest BCUT2D eigenvalue weighted by atomic mass is 19.2. The maximum Gasteiger partial charge on any atom is 0.309 e. The van der Waals surface area contributed by atoms with Gasteiger partial charge in [-0.1, -0.05) is 6.92 Å². The first-order chi connectivity index (χ1) is 14.4. The summed E-state index contributed by atoms with van der Waals surface area (Å²) in [7, 11) is 1.51. The number of aromatic nitrogens is 2. The fourth-order valence-electron chi connectivity index (χ4n) is 4.49. The molecule has 3 aromatic rings. The molecule has 0 saturated heterocycles. The molecule has 6 nitrogen and oxygen atoms in total. The number of ether oxygens (including phenoxy) is 2. The lowest BCUT2D eigenvalue weighted by Crippen LogP contribution is -2.34. The van der Waals surface area contributed by atoms with Gasteiger partial charge in [-0.15, -0.1) is 0 Å². The molecule has 0 spiro atoms. The summed E-state index contributed by atoms with van der Waals surface area (Å²) in [6.07, 6.45) is 0.468. The summed E-state index contributed by atoms with van der Waals surface area (Å²) in [5.41, 5.74) is 1.85. The molecule has 0 N–H and O–H groups in total. The van der Waals surface area contributed by atoms with Crippen LogP contribution in [0.25, 0.3) is 22.3 Å². The van der Waals surface area contributed by atoms with E-state index >= 15 is 0 Å². The molecule has 0 fully saturated rings. The van der Waals surface area contributed by atoms with Gasteiger partial charge in [-0.2, -0.15) is 0 Å². The average molecular weight is 412 g/mol. The van der Waals surface area contributed by atoms with Crippen molar-refractivity contribution < 1.29 is 23.0 Å². The van der Waals surface area contributed by atoms with E-state index in [-0.39, 0.29) is 25.1 Å². The molecule has 2 aliphatic rings. The molecule has 0 bridgehead atoms. The van der Waals surface area contributed by atoms with Crippen LogP contribution < -0.4 is 5.56 Å². The van der Waals surface area contributed by atoms with Crippen LogP contribution >= 0.6 is 0 Å². The van der Waals surface area contributed by atoms with Crippen molar-refractivity contribution in [3.05, 3.63) is 62.9 Å². The van der Waals surface area contributed by atoms with E-state index in [9.17, 15) is 18.4 Å². The number of carbonyl (C=O) groups excluding carboxylic acids is 1. The second kappa shape index (κ2) is 6.43. The van der Waals surface area contributed by atoms with Gasteiger partial charge in [0.15, 0.2) is 11.6 Å². The Labute approximate surface area is 170 Å². The van der Waals surface area contributed by atoms with Crippen molar-refractivity contribution in [2.75, 3.05) is 7.11 Å². The van der Waals surface area contributed by atoms with Gasteiger partial charge in [0.05, 0.1) is 35.4 Å². The normalized spacial score (nSPS) is 19.8. The molecular weight excluding hydrogens is 394 g/mol. The zero-order valence-corrected chi connectivity index (χ0v) is 16.4. The van der Waals surface area contributed by atoms with Crippen molar-refractivity contribution in [1.82, 2.24) is 9.55 Å². The molecule has 0 radical (unpaired) electrons. The molecule has 5 rings (SSSR count). The van der Waals surface area contributed by atoms with Gasteiger partial charge in [-0.05, 0) is 30.2 Å². The summed E-state index contributed by atoms with van der Waals surface area (Å²) in [4.78, 5) is 30.0. The molecule has 4 heterocycles. The van der Waals surface area contributed by atoms with Crippen molar-refractivity contribution in [2.45, 2.75) is 38.5 Å². The number of methoxy groups -OCH3 is 1. The minimum atomic E-state index is -0.980. The van der Waals surface area contributed by atoms with Crippen LogP contribution in [0.15, 0.2) is 29.1 Å². The van der Waals surface area contributed by atoms with Crippen molar-refractivity contribution in [1.29, 1.82) is 0 Å². The Morgan fingerprint density at radius 2 is 1.97 bits per heavy atom. The van der Waals surface area contributed by atoms with Crippen LogP contribution in [-0.4, -0.2) is 22.6 Å². The van der Waals surface area contributed by atoms with E-state index in [4.69, 9.17) is 9.47 Å². The molecule has 30 heavy (non-hydrogen) atoms. The first-order valence-corrected chi connectivity index (χ1v) is 9.64. The Hall–Kier alpha value is -3.13. The number of rotatable bonds is 2. The Kier molecular flexibility index (Phi) is 4.05. The third-order valence-electron chi connectivity index (χ3n) is 6.17. The number of carbonyl (C=O) groups is 1.